The summed E-state index contributed by atoms with van der Waals surface area (Å²) in [5.41, 5.74) is 1.24. The lowest BCUT2D eigenvalue weighted by molar-refractivity contribution is -0.0142. The van der Waals surface area contributed by atoms with Crippen molar-refractivity contribution in [2.24, 2.45) is 23.7 Å². The van der Waals surface area contributed by atoms with Crippen LogP contribution in [0.1, 0.15) is 47.7 Å². The Labute approximate surface area is 120 Å². The molecule has 0 saturated heterocycles. The summed E-state index contributed by atoms with van der Waals surface area (Å²) in [4.78, 5) is 5.99. The van der Waals surface area contributed by atoms with E-state index in [4.69, 9.17) is 0 Å². The number of aromatic nitrogens is 1. The Hall–Kier alpha value is -0.410. The molecular formula is C16H24N2S. The van der Waals surface area contributed by atoms with E-state index >= 15 is 0 Å². The lowest BCUT2D eigenvalue weighted by atomic mass is 9.54. The van der Waals surface area contributed by atoms with Crippen molar-refractivity contribution in [1.82, 2.24) is 10.3 Å². The Morgan fingerprint density at radius 2 is 1.68 bits per heavy atom. The molecule has 2 nitrogen and oxygen atoms in total. The summed E-state index contributed by atoms with van der Waals surface area (Å²) in [6, 6.07) is 0.801. The third kappa shape index (κ3) is 2.15. The molecule has 0 radical (unpaired) electrons. The van der Waals surface area contributed by atoms with Gasteiger partial charge in [-0.3, -0.25) is 0 Å². The first-order chi connectivity index (χ1) is 9.19. The highest BCUT2D eigenvalue weighted by Gasteiger charge is 2.47. The SMILES string of the molecule is Cc1nc(C)c(CNC2C3CC4CC(C3)CC2C4)s1. The molecule has 1 aromatic heterocycles. The van der Waals surface area contributed by atoms with Gasteiger partial charge in [0.05, 0.1) is 10.7 Å². The molecule has 0 unspecified atom stereocenters. The zero-order chi connectivity index (χ0) is 13.0. The van der Waals surface area contributed by atoms with Crippen molar-refractivity contribution in [3.05, 3.63) is 15.6 Å². The minimum atomic E-state index is 0.801. The summed E-state index contributed by atoms with van der Waals surface area (Å²) in [5.74, 6) is 4.11. The summed E-state index contributed by atoms with van der Waals surface area (Å²) in [6.45, 7) is 5.31. The molecule has 0 spiro atoms. The van der Waals surface area contributed by atoms with Crippen LogP contribution in [0.3, 0.4) is 0 Å². The molecule has 104 valence electrons. The van der Waals surface area contributed by atoms with Crippen molar-refractivity contribution in [1.29, 1.82) is 0 Å². The van der Waals surface area contributed by atoms with Crippen LogP contribution < -0.4 is 5.32 Å². The minimum absolute atomic E-state index is 0.801. The number of hydrogen-bond donors (Lipinski definition) is 1. The average molecular weight is 276 g/mol. The van der Waals surface area contributed by atoms with Crippen LogP contribution in [0, 0.1) is 37.5 Å². The third-order valence-corrected chi connectivity index (χ3v) is 6.80. The highest BCUT2D eigenvalue weighted by molar-refractivity contribution is 7.11. The summed E-state index contributed by atoms with van der Waals surface area (Å²) < 4.78 is 0. The van der Waals surface area contributed by atoms with Crippen LogP contribution in [0.25, 0.3) is 0 Å². The molecule has 1 N–H and O–H groups in total. The van der Waals surface area contributed by atoms with Gasteiger partial charge >= 0.3 is 0 Å². The highest BCUT2D eigenvalue weighted by atomic mass is 32.1. The normalized spacial score (nSPS) is 40.0. The van der Waals surface area contributed by atoms with E-state index in [0.29, 0.717) is 0 Å². The number of nitrogens with one attached hydrogen (secondary N) is 1. The highest BCUT2D eigenvalue weighted by Crippen LogP contribution is 2.53. The zero-order valence-electron chi connectivity index (χ0n) is 12.0. The van der Waals surface area contributed by atoms with E-state index in [1.54, 1.807) is 6.42 Å². The third-order valence-electron chi connectivity index (χ3n) is 5.72. The van der Waals surface area contributed by atoms with Crippen molar-refractivity contribution in [2.75, 3.05) is 0 Å². The second kappa shape index (κ2) is 4.56. The van der Waals surface area contributed by atoms with E-state index in [1.807, 2.05) is 11.3 Å². The van der Waals surface area contributed by atoms with Gasteiger partial charge in [0, 0.05) is 17.5 Å². The van der Waals surface area contributed by atoms with Crippen molar-refractivity contribution >= 4 is 11.3 Å². The molecule has 4 fully saturated rings. The second-order valence-electron chi connectivity index (χ2n) is 7.08. The van der Waals surface area contributed by atoms with Gasteiger partial charge in [0.25, 0.3) is 0 Å². The average Bonchev–Trinajstić information content (AvgIpc) is 2.66. The predicted molar refractivity (Wildman–Crippen MR) is 79.3 cm³/mol. The second-order valence-corrected chi connectivity index (χ2v) is 8.37. The Balaban J connectivity index is 1.44. The monoisotopic (exact) mass is 276 g/mol. The summed E-state index contributed by atoms with van der Waals surface area (Å²) in [6.07, 6.45) is 7.57. The first-order valence-corrected chi connectivity index (χ1v) is 8.67. The Bertz CT molecular complexity index is 451. The van der Waals surface area contributed by atoms with Crippen LogP contribution in [0.15, 0.2) is 0 Å². The fraction of sp³-hybridized carbons (Fsp3) is 0.812. The molecule has 0 atom stereocenters. The molecule has 1 aromatic rings. The smallest absolute Gasteiger partial charge is 0.0900 e. The van der Waals surface area contributed by atoms with Gasteiger partial charge in [0.1, 0.15) is 0 Å². The summed E-state index contributed by atoms with van der Waals surface area (Å²) in [7, 11) is 0. The molecule has 0 aliphatic heterocycles. The van der Waals surface area contributed by atoms with E-state index in [1.165, 1.54) is 41.3 Å². The van der Waals surface area contributed by atoms with Crippen LogP contribution in [0.4, 0.5) is 0 Å². The molecule has 5 rings (SSSR count). The lowest BCUT2D eigenvalue weighted by Gasteiger charge is -2.54. The van der Waals surface area contributed by atoms with E-state index in [0.717, 1.165) is 36.3 Å². The number of nitrogens with zero attached hydrogens (tertiary/aromatic N) is 1. The fourth-order valence-electron chi connectivity index (χ4n) is 5.21. The van der Waals surface area contributed by atoms with Gasteiger partial charge in [-0.2, -0.15) is 0 Å². The van der Waals surface area contributed by atoms with Crippen LogP contribution in [-0.2, 0) is 6.54 Å². The van der Waals surface area contributed by atoms with Gasteiger partial charge < -0.3 is 5.32 Å². The zero-order valence-corrected chi connectivity index (χ0v) is 12.8. The number of hydrogen-bond acceptors (Lipinski definition) is 3. The van der Waals surface area contributed by atoms with Gasteiger partial charge in [0.15, 0.2) is 0 Å². The Morgan fingerprint density at radius 1 is 1.05 bits per heavy atom. The molecule has 19 heavy (non-hydrogen) atoms. The van der Waals surface area contributed by atoms with Crippen LogP contribution in [-0.4, -0.2) is 11.0 Å². The molecule has 4 aliphatic rings. The van der Waals surface area contributed by atoms with E-state index in [9.17, 15) is 0 Å². The van der Waals surface area contributed by atoms with Crippen LogP contribution in [0.2, 0.25) is 0 Å². The summed E-state index contributed by atoms with van der Waals surface area (Å²) >= 11 is 1.87. The number of rotatable bonds is 3. The van der Waals surface area contributed by atoms with Crippen LogP contribution >= 0.6 is 11.3 Å². The molecular weight excluding hydrogens is 252 g/mol. The van der Waals surface area contributed by atoms with Crippen molar-refractivity contribution in [3.8, 4) is 0 Å². The molecule has 4 aliphatic carbocycles. The number of aryl methyl sites for hydroxylation is 2. The van der Waals surface area contributed by atoms with Gasteiger partial charge in [-0.1, -0.05) is 0 Å². The van der Waals surface area contributed by atoms with Crippen molar-refractivity contribution in [2.45, 2.75) is 58.5 Å². The van der Waals surface area contributed by atoms with Gasteiger partial charge in [-0.25, -0.2) is 4.98 Å². The van der Waals surface area contributed by atoms with Gasteiger partial charge in [-0.15, -0.1) is 11.3 Å². The van der Waals surface area contributed by atoms with Gasteiger partial charge in [0.2, 0.25) is 0 Å². The lowest BCUT2D eigenvalue weighted by Crippen LogP contribution is -2.54. The Kier molecular flexibility index (Phi) is 2.96. The van der Waals surface area contributed by atoms with Crippen molar-refractivity contribution in [3.63, 3.8) is 0 Å². The maximum absolute atomic E-state index is 4.54. The van der Waals surface area contributed by atoms with Gasteiger partial charge in [-0.05, 0) is 69.6 Å². The predicted octanol–water partition coefficient (Wildman–Crippen LogP) is 3.67. The molecule has 0 amide bonds. The van der Waals surface area contributed by atoms with E-state index < -0.39 is 0 Å². The molecule has 0 aromatic carbocycles. The fourth-order valence-corrected chi connectivity index (χ4v) is 6.09. The molecule has 4 bridgehead atoms. The summed E-state index contributed by atoms with van der Waals surface area (Å²) in [5, 5.41) is 5.11. The van der Waals surface area contributed by atoms with Crippen molar-refractivity contribution < 1.29 is 0 Å². The maximum atomic E-state index is 4.54. The number of thiazole rings is 1. The largest absolute Gasteiger partial charge is 0.308 e. The maximum Gasteiger partial charge on any atom is 0.0900 e. The minimum Gasteiger partial charge on any atom is -0.308 e. The van der Waals surface area contributed by atoms with E-state index in [-0.39, 0.29) is 0 Å². The molecule has 3 heteroatoms. The topological polar surface area (TPSA) is 24.9 Å². The Morgan fingerprint density at radius 3 is 2.21 bits per heavy atom. The standard InChI is InChI=1S/C16H24N2S/c1-9-15(19-10(2)18-9)8-17-16-13-4-11-3-12(6-13)7-14(16)5-11/h11-14,16-17H,3-8H2,1-2H3. The quantitative estimate of drug-likeness (QED) is 0.911. The van der Waals surface area contributed by atoms with E-state index in [2.05, 4.69) is 24.1 Å². The molecule has 4 saturated carbocycles. The molecule has 1 heterocycles. The first-order valence-electron chi connectivity index (χ1n) is 7.85. The van der Waals surface area contributed by atoms with Crippen LogP contribution in [0.5, 0.6) is 0 Å². The first kappa shape index (κ1) is 12.3.